The second kappa shape index (κ2) is 13.0. The van der Waals surface area contributed by atoms with Gasteiger partial charge in [-0.15, -0.1) is 0 Å². The number of hydrogen-bond acceptors (Lipinski definition) is 6. The van der Waals surface area contributed by atoms with E-state index in [0.717, 1.165) is 38.0 Å². The molecule has 1 amide bonds. The van der Waals surface area contributed by atoms with E-state index in [1.54, 1.807) is 18.7 Å². The van der Waals surface area contributed by atoms with Gasteiger partial charge in [-0.05, 0) is 30.9 Å². The number of rotatable bonds is 10. The van der Waals surface area contributed by atoms with Crippen LogP contribution in [-0.4, -0.2) is 51.8 Å². The molecule has 2 aromatic carbocycles. The van der Waals surface area contributed by atoms with Crippen molar-refractivity contribution in [2.45, 2.75) is 55.8 Å². The number of ether oxygens (including phenoxy) is 1. The van der Waals surface area contributed by atoms with E-state index in [1.165, 1.54) is 17.3 Å². The summed E-state index contributed by atoms with van der Waals surface area (Å²) in [7, 11) is 3.31. The Bertz CT molecular complexity index is 1230. The first-order valence-electron chi connectivity index (χ1n) is 12.8. The molecule has 0 aliphatic carbocycles. The second-order valence-electron chi connectivity index (χ2n) is 9.58. The minimum atomic E-state index is -0.379. The molecule has 1 fully saturated rings. The van der Waals surface area contributed by atoms with Crippen LogP contribution in [0.3, 0.4) is 0 Å². The Balaban J connectivity index is 1.36. The first kappa shape index (κ1) is 27.1. The van der Waals surface area contributed by atoms with Crippen LogP contribution in [0, 0.1) is 0 Å². The van der Waals surface area contributed by atoms with Gasteiger partial charge in [0, 0.05) is 51.8 Å². The lowest BCUT2D eigenvalue weighted by atomic mass is 10.0. The Hall–Kier alpha value is -2.94. The quantitative estimate of drug-likeness (QED) is 0.324. The van der Waals surface area contributed by atoms with Crippen LogP contribution in [0.1, 0.15) is 42.1 Å². The summed E-state index contributed by atoms with van der Waals surface area (Å²) >= 11 is 1.31. The van der Waals surface area contributed by atoms with E-state index in [1.807, 2.05) is 43.3 Å². The normalized spacial score (nSPS) is 15.4. The monoisotopic (exact) mass is 520 g/mol. The van der Waals surface area contributed by atoms with Gasteiger partial charge in [-0.1, -0.05) is 72.4 Å². The third-order valence-corrected chi connectivity index (χ3v) is 7.91. The predicted octanol–water partition coefficient (Wildman–Crippen LogP) is 3.78. The molecule has 1 atom stereocenters. The summed E-state index contributed by atoms with van der Waals surface area (Å²) < 4.78 is 6.90. The summed E-state index contributed by atoms with van der Waals surface area (Å²) in [4.78, 5) is 33.5. The Kier molecular flexibility index (Phi) is 9.55. The van der Waals surface area contributed by atoms with Crippen molar-refractivity contribution in [1.82, 2.24) is 19.8 Å². The number of thioether (sulfide) groups is 1. The third-order valence-electron chi connectivity index (χ3n) is 6.77. The SMILES string of the molecule is COCc1nc(SC(C)C(=O)NC2CCN(Cc3ccccc3)CC2)n(C)c(=O)c1Cc1ccccc1. The minimum Gasteiger partial charge on any atom is -0.378 e. The molecule has 1 aliphatic heterocycles. The van der Waals surface area contributed by atoms with Gasteiger partial charge in [-0.3, -0.25) is 19.1 Å². The Morgan fingerprint density at radius 2 is 1.70 bits per heavy atom. The van der Waals surface area contributed by atoms with Crippen LogP contribution in [-0.2, 0) is 36.2 Å². The van der Waals surface area contributed by atoms with E-state index in [2.05, 4.69) is 34.5 Å². The van der Waals surface area contributed by atoms with Crippen molar-refractivity contribution in [2.24, 2.45) is 7.05 Å². The zero-order chi connectivity index (χ0) is 26.2. The second-order valence-corrected chi connectivity index (χ2v) is 10.9. The van der Waals surface area contributed by atoms with Crippen molar-refractivity contribution >= 4 is 17.7 Å². The van der Waals surface area contributed by atoms with Crippen molar-refractivity contribution in [3.05, 3.63) is 93.4 Å². The molecule has 1 N–H and O–H groups in total. The molecular weight excluding hydrogens is 484 g/mol. The molecule has 1 aliphatic rings. The van der Waals surface area contributed by atoms with Gasteiger partial charge in [0.15, 0.2) is 5.16 Å². The van der Waals surface area contributed by atoms with Gasteiger partial charge in [-0.2, -0.15) is 0 Å². The van der Waals surface area contributed by atoms with Gasteiger partial charge in [0.1, 0.15) is 0 Å². The molecule has 0 spiro atoms. The molecule has 3 aromatic rings. The fraction of sp³-hybridized carbons (Fsp3) is 0.414. The molecule has 0 radical (unpaired) electrons. The molecule has 1 unspecified atom stereocenters. The number of aromatic nitrogens is 2. The van der Waals surface area contributed by atoms with Crippen LogP contribution in [0.5, 0.6) is 0 Å². The maximum absolute atomic E-state index is 13.3. The van der Waals surface area contributed by atoms with Crippen LogP contribution < -0.4 is 10.9 Å². The number of carbonyl (C=O) groups is 1. The van der Waals surface area contributed by atoms with Crippen LogP contribution in [0.4, 0.5) is 0 Å². The number of hydrogen-bond donors (Lipinski definition) is 1. The van der Waals surface area contributed by atoms with Gasteiger partial charge < -0.3 is 10.1 Å². The summed E-state index contributed by atoms with van der Waals surface area (Å²) in [5.74, 6) is -0.0255. The topological polar surface area (TPSA) is 76.5 Å². The zero-order valence-electron chi connectivity index (χ0n) is 21.9. The molecule has 37 heavy (non-hydrogen) atoms. The zero-order valence-corrected chi connectivity index (χ0v) is 22.7. The number of likely N-dealkylation sites (tertiary alicyclic amines) is 1. The van der Waals surface area contributed by atoms with Crippen molar-refractivity contribution in [3.8, 4) is 0 Å². The molecule has 1 aromatic heterocycles. The number of piperidine rings is 1. The summed E-state index contributed by atoms with van der Waals surface area (Å²) in [6, 6.07) is 20.5. The van der Waals surface area contributed by atoms with Crippen molar-refractivity contribution < 1.29 is 9.53 Å². The number of amides is 1. The van der Waals surface area contributed by atoms with Gasteiger partial charge >= 0.3 is 0 Å². The number of nitrogens with one attached hydrogen (secondary N) is 1. The van der Waals surface area contributed by atoms with Crippen LogP contribution in [0.15, 0.2) is 70.6 Å². The molecule has 2 heterocycles. The molecule has 8 heteroatoms. The molecule has 7 nitrogen and oxygen atoms in total. The first-order valence-corrected chi connectivity index (χ1v) is 13.7. The lowest BCUT2D eigenvalue weighted by molar-refractivity contribution is -0.121. The lowest BCUT2D eigenvalue weighted by Gasteiger charge is -2.32. The number of methoxy groups -OCH3 is 1. The van der Waals surface area contributed by atoms with Gasteiger partial charge in [0.05, 0.1) is 17.6 Å². The molecule has 1 saturated heterocycles. The lowest BCUT2D eigenvalue weighted by Crippen LogP contribution is -2.46. The van der Waals surface area contributed by atoms with E-state index in [0.29, 0.717) is 22.8 Å². The van der Waals surface area contributed by atoms with Gasteiger partial charge in [-0.25, -0.2) is 4.98 Å². The van der Waals surface area contributed by atoms with Gasteiger partial charge in [0.25, 0.3) is 5.56 Å². The van der Waals surface area contributed by atoms with E-state index in [-0.39, 0.29) is 29.4 Å². The molecule has 0 bridgehead atoms. The van der Waals surface area contributed by atoms with Crippen molar-refractivity contribution in [1.29, 1.82) is 0 Å². The van der Waals surface area contributed by atoms with Crippen molar-refractivity contribution in [3.63, 3.8) is 0 Å². The predicted molar refractivity (Wildman–Crippen MR) is 148 cm³/mol. The maximum atomic E-state index is 13.3. The van der Waals surface area contributed by atoms with E-state index < -0.39 is 0 Å². The van der Waals surface area contributed by atoms with Gasteiger partial charge in [0.2, 0.25) is 5.91 Å². The summed E-state index contributed by atoms with van der Waals surface area (Å²) in [6.45, 7) is 4.97. The molecule has 196 valence electrons. The summed E-state index contributed by atoms with van der Waals surface area (Å²) in [5, 5.41) is 3.36. The molecular formula is C29H36N4O3S. The van der Waals surface area contributed by atoms with E-state index >= 15 is 0 Å². The molecule has 0 saturated carbocycles. The van der Waals surface area contributed by atoms with E-state index in [9.17, 15) is 9.59 Å². The number of benzene rings is 2. The highest BCUT2D eigenvalue weighted by Crippen LogP contribution is 2.23. The van der Waals surface area contributed by atoms with Crippen molar-refractivity contribution in [2.75, 3.05) is 20.2 Å². The van der Waals surface area contributed by atoms with Crippen LogP contribution >= 0.6 is 11.8 Å². The summed E-state index contributed by atoms with van der Waals surface area (Å²) in [5.41, 5.74) is 3.50. The highest BCUT2D eigenvalue weighted by Gasteiger charge is 2.25. The molecule has 4 rings (SSSR count). The smallest absolute Gasteiger partial charge is 0.257 e. The first-order chi connectivity index (χ1) is 17.9. The van der Waals surface area contributed by atoms with Crippen LogP contribution in [0.25, 0.3) is 0 Å². The third kappa shape index (κ3) is 7.31. The largest absolute Gasteiger partial charge is 0.378 e. The number of carbonyl (C=O) groups excluding carboxylic acids is 1. The highest BCUT2D eigenvalue weighted by molar-refractivity contribution is 8.00. The standard InChI is InChI=1S/C29H36N4O3S/c1-21(27(34)30-24-14-16-33(17-15-24)19-23-12-8-5-9-13-23)37-29-31-26(20-36-3)25(28(35)32(29)2)18-22-10-6-4-7-11-22/h4-13,21,24H,14-20H2,1-3H3,(H,30,34). The number of nitrogens with zero attached hydrogens (tertiary/aromatic N) is 3. The Morgan fingerprint density at radius 3 is 2.32 bits per heavy atom. The highest BCUT2D eigenvalue weighted by atomic mass is 32.2. The Labute approximate surface area is 223 Å². The minimum absolute atomic E-state index is 0.0255. The average molecular weight is 521 g/mol. The Morgan fingerprint density at radius 1 is 1.08 bits per heavy atom. The van der Waals surface area contributed by atoms with E-state index in [4.69, 9.17) is 9.72 Å². The fourth-order valence-electron chi connectivity index (χ4n) is 4.62. The average Bonchev–Trinajstić information content (AvgIpc) is 2.91. The fourth-order valence-corrected chi connectivity index (χ4v) is 5.51. The van der Waals surface area contributed by atoms with Crippen LogP contribution in [0.2, 0.25) is 0 Å². The summed E-state index contributed by atoms with van der Waals surface area (Å²) in [6.07, 6.45) is 2.35. The maximum Gasteiger partial charge on any atom is 0.257 e.